The van der Waals surface area contributed by atoms with Gasteiger partial charge in [-0.3, -0.25) is 0 Å². The van der Waals surface area contributed by atoms with Crippen molar-refractivity contribution in [3.63, 3.8) is 0 Å². The fourth-order valence-electron chi connectivity index (χ4n) is 4.01. The molecule has 0 aromatic carbocycles. The van der Waals surface area contributed by atoms with Crippen LogP contribution in [-0.4, -0.2) is 11.2 Å². The van der Waals surface area contributed by atoms with Crippen LogP contribution >= 0.6 is 0 Å². The van der Waals surface area contributed by atoms with Crippen LogP contribution < -0.4 is 0 Å². The van der Waals surface area contributed by atoms with E-state index in [4.69, 9.17) is 0 Å². The van der Waals surface area contributed by atoms with E-state index >= 15 is 0 Å². The minimum Gasteiger partial charge on any atom is -0.393 e. The Bertz CT molecular complexity index is 198. The van der Waals surface area contributed by atoms with Gasteiger partial charge in [0.15, 0.2) is 0 Å². The molecule has 2 aliphatic rings. The minimum absolute atomic E-state index is 0.0205. The molecule has 0 aliphatic heterocycles. The molecule has 0 amide bonds. The van der Waals surface area contributed by atoms with Crippen LogP contribution in [0.3, 0.4) is 0 Å². The topological polar surface area (TPSA) is 20.2 Å². The summed E-state index contributed by atoms with van der Waals surface area (Å²) in [6.07, 6.45) is 15.0. The van der Waals surface area contributed by atoms with Crippen LogP contribution in [0, 0.1) is 17.8 Å². The molecule has 0 radical (unpaired) electrons. The fourth-order valence-corrected chi connectivity index (χ4v) is 4.01. The monoisotopic (exact) mass is 238 g/mol. The second-order valence-corrected chi connectivity index (χ2v) is 6.49. The first-order chi connectivity index (χ1) is 8.29. The predicted molar refractivity (Wildman–Crippen MR) is 72.9 cm³/mol. The molecule has 1 N–H and O–H groups in total. The van der Waals surface area contributed by atoms with E-state index < -0.39 is 0 Å². The van der Waals surface area contributed by atoms with Crippen LogP contribution in [0.4, 0.5) is 0 Å². The van der Waals surface area contributed by atoms with Crippen LogP contribution in [-0.2, 0) is 0 Å². The van der Waals surface area contributed by atoms with Gasteiger partial charge in [-0.05, 0) is 56.3 Å². The summed E-state index contributed by atoms with van der Waals surface area (Å²) in [4.78, 5) is 0. The van der Waals surface area contributed by atoms with E-state index in [-0.39, 0.29) is 6.10 Å². The largest absolute Gasteiger partial charge is 0.393 e. The summed E-state index contributed by atoms with van der Waals surface area (Å²) in [5.41, 5.74) is 0. The van der Waals surface area contributed by atoms with E-state index in [1.165, 1.54) is 57.8 Å². The van der Waals surface area contributed by atoms with Crippen molar-refractivity contribution < 1.29 is 5.11 Å². The summed E-state index contributed by atoms with van der Waals surface area (Å²) in [7, 11) is 0. The van der Waals surface area contributed by atoms with Crippen molar-refractivity contribution >= 4 is 0 Å². The van der Waals surface area contributed by atoms with Gasteiger partial charge < -0.3 is 5.11 Å². The first-order valence-corrected chi connectivity index (χ1v) is 7.97. The summed E-state index contributed by atoms with van der Waals surface area (Å²) >= 11 is 0. The highest BCUT2D eigenvalue weighted by Crippen LogP contribution is 2.40. The normalized spacial score (nSPS) is 39.2. The number of unbranched alkanes of at least 4 members (excludes halogenated alkanes) is 1. The summed E-state index contributed by atoms with van der Waals surface area (Å²) in [5.74, 6) is 2.99. The summed E-state index contributed by atoms with van der Waals surface area (Å²) in [6, 6.07) is 0. The summed E-state index contributed by atoms with van der Waals surface area (Å²) < 4.78 is 0. The molecule has 0 aromatic rings. The zero-order valence-electron chi connectivity index (χ0n) is 11.5. The Balaban J connectivity index is 1.68. The number of rotatable bonds is 4. The van der Waals surface area contributed by atoms with Gasteiger partial charge in [0, 0.05) is 0 Å². The zero-order chi connectivity index (χ0) is 12.1. The number of aliphatic hydroxyl groups excluding tert-OH is 1. The second kappa shape index (κ2) is 6.78. The predicted octanol–water partition coefficient (Wildman–Crippen LogP) is 4.53. The van der Waals surface area contributed by atoms with Crippen molar-refractivity contribution in [2.75, 3.05) is 0 Å². The molecule has 0 bridgehead atoms. The lowest BCUT2D eigenvalue weighted by Crippen LogP contribution is -2.27. The third-order valence-electron chi connectivity index (χ3n) is 5.27. The molecular weight excluding hydrogens is 208 g/mol. The highest BCUT2D eigenvalue weighted by atomic mass is 16.3. The first kappa shape index (κ1) is 13.4. The maximum absolute atomic E-state index is 9.56. The molecular formula is C16H30O. The van der Waals surface area contributed by atoms with Gasteiger partial charge in [-0.25, -0.2) is 0 Å². The molecule has 0 heterocycles. The highest BCUT2D eigenvalue weighted by molar-refractivity contribution is 4.81. The minimum atomic E-state index is 0.0205. The molecule has 2 aliphatic carbocycles. The van der Waals surface area contributed by atoms with E-state index in [2.05, 4.69) is 6.92 Å². The lowest BCUT2D eigenvalue weighted by atomic mass is 9.70. The van der Waals surface area contributed by atoms with Gasteiger partial charge in [0.1, 0.15) is 0 Å². The first-order valence-electron chi connectivity index (χ1n) is 7.97. The molecule has 100 valence electrons. The van der Waals surface area contributed by atoms with E-state index in [0.29, 0.717) is 0 Å². The van der Waals surface area contributed by atoms with Gasteiger partial charge in [-0.15, -0.1) is 0 Å². The van der Waals surface area contributed by atoms with Crippen molar-refractivity contribution in [1.29, 1.82) is 0 Å². The molecule has 17 heavy (non-hydrogen) atoms. The van der Waals surface area contributed by atoms with Crippen LogP contribution in [0.2, 0.25) is 0 Å². The smallest absolute Gasteiger partial charge is 0.0540 e. The lowest BCUT2D eigenvalue weighted by Gasteiger charge is -2.37. The zero-order valence-corrected chi connectivity index (χ0v) is 11.5. The molecule has 0 atom stereocenters. The molecule has 0 aromatic heterocycles. The third kappa shape index (κ3) is 3.98. The van der Waals surface area contributed by atoms with Crippen molar-refractivity contribution in [3.05, 3.63) is 0 Å². The van der Waals surface area contributed by atoms with Gasteiger partial charge in [-0.1, -0.05) is 39.0 Å². The van der Waals surface area contributed by atoms with E-state index in [0.717, 1.165) is 30.6 Å². The van der Waals surface area contributed by atoms with Crippen molar-refractivity contribution in [3.8, 4) is 0 Å². The van der Waals surface area contributed by atoms with Gasteiger partial charge in [0.2, 0.25) is 0 Å². The summed E-state index contributed by atoms with van der Waals surface area (Å²) in [5, 5.41) is 9.56. The lowest BCUT2D eigenvalue weighted by molar-refractivity contribution is 0.0763. The molecule has 2 saturated carbocycles. The van der Waals surface area contributed by atoms with Crippen molar-refractivity contribution in [2.24, 2.45) is 17.8 Å². The van der Waals surface area contributed by atoms with Crippen LogP contribution in [0.25, 0.3) is 0 Å². The quantitative estimate of drug-likeness (QED) is 0.762. The average molecular weight is 238 g/mol. The maximum Gasteiger partial charge on any atom is 0.0540 e. The van der Waals surface area contributed by atoms with E-state index in [1.54, 1.807) is 0 Å². The Labute approximate surface area is 107 Å². The molecule has 2 fully saturated rings. The number of hydrogen-bond acceptors (Lipinski definition) is 1. The van der Waals surface area contributed by atoms with Gasteiger partial charge >= 0.3 is 0 Å². The molecule has 0 unspecified atom stereocenters. The van der Waals surface area contributed by atoms with Gasteiger partial charge in [0.05, 0.1) is 6.10 Å². The molecule has 2 rings (SSSR count). The second-order valence-electron chi connectivity index (χ2n) is 6.49. The molecule has 1 nitrogen and oxygen atoms in total. The van der Waals surface area contributed by atoms with Crippen LogP contribution in [0.1, 0.15) is 77.6 Å². The Hall–Kier alpha value is -0.0400. The summed E-state index contributed by atoms with van der Waals surface area (Å²) in [6.45, 7) is 2.30. The molecule has 0 spiro atoms. The Morgan fingerprint density at radius 2 is 1.35 bits per heavy atom. The standard InChI is InChI=1S/C16H30O/c1-2-3-4-13-5-7-14(8-6-13)15-9-11-16(17)12-10-15/h13-17H,2-12H2,1H3/t13-,14-,15?,16?. The van der Waals surface area contributed by atoms with Crippen molar-refractivity contribution in [1.82, 2.24) is 0 Å². The van der Waals surface area contributed by atoms with Crippen molar-refractivity contribution in [2.45, 2.75) is 83.7 Å². The highest BCUT2D eigenvalue weighted by Gasteiger charge is 2.29. The maximum atomic E-state index is 9.56. The number of hydrogen-bond donors (Lipinski definition) is 1. The Morgan fingerprint density at radius 3 is 1.88 bits per heavy atom. The third-order valence-corrected chi connectivity index (χ3v) is 5.27. The number of aliphatic hydroxyl groups is 1. The fraction of sp³-hybridized carbons (Fsp3) is 1.00. The van der Waals surface area contributed by atoms with Gasteiger partial charge in [-0.2, -0.15) is 0 Å². The Kier molecular flexibility index (Phi) is 5.34. The molecule has 1 heteroatoms. The van der Waals surface area contributed by atoms with Crippen LogP contribution in [0.5, 0.6) is 0 Å². The van der Waals surface area contributed by atoms with E-state index in [1.807, 2.05) is 0 Å². The van der Waals surface area contributed by atoms with Crippen LogP contribution in [0.15, 0.2) is 0 Å². The average Bonchev–Trinajstić information content (AvgIpc) is 2.38. The molecule has 0 saturated heterocycles. The SMILES string of the molecule is CCCC[C@H]1CC[C@H](C2CCC(O)CC2)CC1. The Morgan fingerprint density at radius 1 is 0.824 bits per heavy atom. The van der Waals surface area contributed by atoms with Gasteiger partial charge in [0.25, 0.3) is 0 Å². The van der Waals surface area contributed by atoms with E-state index in [9.17, 15) is 5.11 Å².